The minimum absolute atomic E-state index is 0.175. The molecular weight excluding hydrogens is 480 g/mol. The third kappa shape index (κ3) is 3.31. The molecule has 0 aromatic heterocycles. The maximum absolute atomic E-state index is 13.2. The highest BCUT2D eigenvalue weighted by Gasteiger charge is 2.63. The van der Waals surface area contributed by atoms with Crippen molar-refractivity contribution in [1.29, 1.82) is 0 Å². The molecule has 0 radical (unpaired) electrons. The summed E-state index contributed by atoms with van der Waals surface area (Å²) in [5.74, 6) is -0.631. The van der Waals surface area contributed by atoms with Crippen LogP contribution < -0.4 is 5.32 Å². The van der Waals surface area contributed by atoms with Gasteiger partial charge < -0.3 is 5.32 Å². The average molecular weight is 502 g/mol. The summed E-state index contributed by atoms with van der Waals surface area (Å²) >= 11 is 9.59. The number of benzene rings is 2. The summed E-state index contributed by atoms with van der Waals surface area (Å²) in [6, 6.07) is 13.8. The van der Waals surface area contributed by atoms with E-state index in [9.17, 15) is 14.4 Å². The van der Waals surface area contributed by atoms with Gasteiger partial charge in [0.2, 0.25) is 17.7 Å². The molecule has 2 bridgehead atoms. The highest BCUT2D eigenvalue weighted by Crippen LogP contribution is 2.61. The zero-order chi connectivity index (χ0) is 21.9. The van der Waals surface area contributed by atoms with Crippen molar-refractivity contribution in [2.24, 2.45) is 23.7 Å². The fraction of sp³-hybridized carbons (Fsp3) is 0.375. The quantitative estimate of drug-likeness (QED) is 0.614. The molecule has 2 saturated carbocycles. The molecule has 1 aliphatic heterocycles. The molecule has 2 aromatic carbocycles. The number of hydrogen-bond donors (Lipinski definition) is 1. The molecule has 2 aliphatic carbocycles. The molecule has 160 valence electrons. The zero-order valence-corrected chi connectivity index (χ0v) is 19.3. The van der Waals surface area contributed by atoms with Gasteiger partial charge in [0.25, 0.3) is 0 Å². The number of fused-ring (bicyclic) bond motifs is 5. The van der Waals surface area contributed by atoms with Gasteiger partial charge in [0, 0.05) is 10.2 Å². The Morgan fingerprint density at radius 3 is 2.55 bits per heavy atom. The van der Waals surface area contributed by atoms with Crippen LogP contribution in [0.5, 0.6) is 0 Å². The van der Waals surface area contributed by atoms with Crippen LogP contribution in [0.1, 0.15) is 29.9 Å². The Kier molecular flexibility index (Phi) is 5.18. The monoisotopic (exact) mass is 500 g/mol. The van der Waals surface area contributed by atoms with E-state index in [1.54, 1.807) is 19.1 Å². The smallest absolute Gasteiger partial charge is 0.244 e. The molecule has 1 heterocycles. The van der Waals surface area contributed by atoms with Crippen LogP contribution in [0.4, 0.5) is 5.69 Å². The van der Waals surface area contributed by atoms with Gasteiger partial charge in [-0.2, -0.15) is 0 Å². The minimum atomic E-state index is -0.393. The van der Waals surface area contributed by atoms with E-state index in [1.165, 1.54) is 10.5 Å². The van der Waals surface area contributed by atoms with Crippen molar-refractivity contribution in [3.05, 3.63) is 63.1 Å². The van der Waals surface area contributed by atoms with E-state index in [1.807, 2.05) is 18.2 Å². The Bertz CT molecular complexity index is 1090. The summed E-state index contributed by atoms with van der Waals surface area (Å²) in [5.41, 5.74) is 2.54. The number of imide groups is 1. The third-order valence-electron chi connectivity index (χ3n) is 7.25. The first kappa shape index (κ1) is 20.7. The Labute approximate surface area is 194 Å². The van der Waals surface area contributed by atoms with Gasteiger partial charge >= 0.3 is 0 Å². The van der Waals surface area contributed by atoms with Crippen molar-refractivity contribution in [2.45, 2.75) is 25.7 Å². The fourth-order valence-corrected chi connectivity index (χ4v) is 6.48. The number of carbonyl (C=O) groups is 3. The second-order valence-electron chi connectivity index (χ2n) is 8.81. The molecule has 1 N–H and O–H groups in total. The molecular formula is C24H22BrClN2O3. The topological polar surface area (TPSA) is 66.5 Å². The van der Waals surface area contributed by atoms with E-state index in [0.29, 0.717) is 16.6 Å². The summed E-state index contributed by atoms with van der Waals surface area (Å²) < 4.78 is 0.742. The molecule has 1 saturated heterocycles. The van der Waals surface area contributed by atoms with Crippen molar-refractivity contribution in [1.82, 2.24) is 4.90 Å². The molecule has 3 aliphatic rings. The molecule has 5 atom stereocenters. The number of anilines is 1. The molecule has 5 rings (SSSR count). The van der Waals surface area contributed by atoms with E-state index < -0.39 is 5.91 Å². The zero-order valence-electron chi connectivity index (χ0n) is 17.0. The van der Waals surface area contributed by atoms with Gasteiger partial charge in [-0.3, -0.25) is 19.3 Å². The van der Waals surface area contributed by atoms with Crippen LogP contribution in [0.3, 0.4) is 0 Å². The SMILES string of the molecule is Cc1c(NC(=O)CN2C(=O)[C@@H]3[C@H]4C[C@@H]([C@@H]3C2=O)[C@@H](c2ccccc2)C4)ccc(Br)c1Cl. The van der Waals surface area contributed by atoms with Crippen LogP contribution in [0.25, 0.3) is 0 Å². The number of carbonyl (C=O) groups excluding carboxylic acids is 3. The number of likely N-dealkylation sites (tertiary alicyclic amines) is 1. The van der Waals surface area contributed by atoms with E-state index >= 15 is 0 Å². The largest absolute Gasteiger partial charge is 0.324 e. The summed E-state index contributed by atoms with van der Waals surface area (Å²) in [4.78, 5) is 40.2. The van der Waals surface area contributed by atoms with Crippen LogP contribution in [0.2, 0.25) is 5.02 Å². The summed E-state index contributed by atoms with van der Waals surface area (Å²) in [7, 11) is 0. The molecule has 0 spiro atoms. The van der Waals surface area contributed by atoms with Gasteiger partial charge in [0.1, 0.15) is 6.54 Å². The lowest BCUT2D eigenvalue weighted by Crippen LogP contribution is -2.39. The molecule has 5 nitrogen and oxygen atoms in total. The lowest BCUT2D eigenvalue weighted by molar-refractivity contribution is -0.143. The van der Waals surface area contributed by atoms with Crippen molar-refractivity contribution in [3.63, 3.8) is 0 Å². The van der Waals surface area contributed by atoms with E-state index in [-0.39, 0.29) is 42.0 Å². The van der Waals surface area contributed by atoms with Gasteiger partial charge in [0.05, 0.1) is 16.9 Å². The minimum Gasteiger partial charge on any atom is -0.324 e. The van der Waals surface area contributed by atoms with Crippen LogP contribution >= 0.6 is 27.5 Å². The highest BCUT2D eigenvalue weighted by molar-refractivity contribution is 9.10. The highest BCUT2D eigenvalue weighted by atomic mass is 79.9. The number of rotatable bonds is 4. The molecule has 31 heavy (non-hydrogen) atoms. The Hall–Kier alpha value is -2.18. The third-order valence-corrected chi connectivity index (χ3v) is 8.63. The summed E-state index contributed by atoms with van der Waals surface area (Å²) in [5, 5.41) is 3.31. The number of hydrogen-bond acceptors (Lipinski definition) is 3. The molecule has 0 unspecified atom stereocenters. The lowest BCUT2D eigenvalue weighted by atomic mass is 9.73. The molecule has 2 aromatic rings. The van der Waals surface area contributed by atoms with E-state index in [0.717, 1.165) is 22.9 Å². The van der Waals surface area contributed by atoms with Crippen molar-refractivity contribution < 1.29 is 14.4 Å². The second kappa shape index (κ2) is 7.75. The van der Waals surface area contributed by atoms with Crippen LogP contribution in [0, 0.1) is 30.6 Å². The van der Waals surface area contributed by atoms with Gasteiger partial charge in [0.15, 0.2) is 0 Å². The normalized spacial score (nSPS) is 28.9. The Morgan fingerprint density at radius 2 is 1.81 bits per heavy atom. The summed E-state index contributed by atoms with van der Waals surface area (Å²) in [6.07, 6.45) is 1.86. The number of amides is 3. The predicted molar refractivity (Wildman–Crippen MR) is 122 cm³/mol. The number of halogens is 2. The van der Waals surface area contributed by atoms with Gasteiger partial charge in [-0.25, -0.2) is 0 Å². The van der Waals surface area contributed by atoms with Crippen LogP contribution in [-0.2, 0) is 14.4 Å². The van der Waals surface area contributed by atoms with Gasteiger partial charge in [-0.05, 0) is 76.7 Å². The predicted octanol–water partition coefficient (Wildman–Crippen LogP) is 4.77. The van der Waals surface area contributed by atoms with Gasteiger partial charge in [-0.15, -0.1) is 0 Å². The first-order chi connectivity index (χ1) is 14.9. The van der Waals surface area contributed by atoms with Crippen LogP contribution in [0.15, 0.2) is 46.9 Å². The number of nitrogens with zero attached hydrogens (tertiary/aromatic N) is 1. The second-order valence-corrected chi connectivity index (χ2v) is 10.0. The first-order valence-corrected chi connectivity index (χ1v) is 11.7. The summed E-state index contributed by atoms with van der Waals surface area (Å²) in [6.45, 7) is 1.55. The Morgan fingerprint density at radius 1 is 1.10 bits per heavy atom. The van der Waals surface area contributed by atoms with E-state index in [4.69, 9.17) is 11.6 Å². The molecule has 3 amide bonds. The lowest BCUT2D eigenvalue weighted by Gasteiger charge is -2.28. The number of nitrogens with one attached hydrogen (secondary N) is 1. The first-order valence-electron chi connectivity index (χ1n) is 10.5. The maximum atomic E-state index is 13.2. The van der Waals surface area contributed by atoms with Crippen LogP contribution in [-0.4, -0.2) is 29.2 Å². The molecule has 7 heteroatoms. The maximum Gasteiger partial charge on any atom is 0.244 e. The van der Waals surface area contributed by atoms with Crippen molar-refractivity contribution in [3.8, 4) is 0 Å². The average Bonchev–Trinajstić information content (AvgIpc) is 3.43. The van der Waals surface area contributed by atoms with Crippen molar-refractivity contribution in [2.75, 3.05) is 11.9 Å². The van der Waals surface area contributed by atoms with E-state index in [2.05, 4.69) is 33.4 Å². The standard InChI is InChI=1S/C24H22BrClN2O3/c1-12-18(8-7-17(25)22(12)26)27-19(29)11-28-23(30)20-14-9-15(13-5-3-2-4-6-13)16(10-14)21(20)24(28)31/h2-8,14-16,20-21H,9-11H2,1H3,(H,27,29)/t14-,15-,16-,20-,21+/m1/s1. The molecule has 3 fully saturated rings. The van der Waals surface area contributed by atoms with Gasteiger partial charge in [-0.1, -0.05) is 41.9 Å². The fourth-order valence-electron chi connectivity index (χ4n) is 5.88. The Balaban J connectivity index is 1.32. The van der Waals surface area contributed by atoms with Crippen molar-refractivity contribution >= 4 is 50.9 Å².